The van der Waals surface area contributed by atoms with Gasteiger partial charge >= 0.3 is 0 Å². The second-order valence-electron chi connectivity index (χ2n) is 1.28. The third-order valence-corrected chi connectivity index (χ3v) is 1.42. The van der Waals surface area contributed by atoms with Crippen LogP contribution in [0.5, 0.6) is 0 Å². The molecule has 0 aromatic heterocycles. The lowest BCUT2D eigenvalue weighted by Gasteiger charge is -1.86. The van der Waals surface area contributed by atoms with Crippen LogP contribution in [0.15, 0.2) is 12.3 Å². The Morgan fingerprint density at radius 3 is 2.88 bits per heavy atom. The first kappa shape index (κ1) is 7.94. The van der Waals surface area contributed by atoms with E-state index in [0.29, 0.717) is 5.71 Å². The van der Waals surface area contributed by atoms with Crippen LogP contribution in [-0.2, 0) is 0 Å². The second-order valence-corrected chi connectivity index (χ2v) is 2.04. The lowest BCUT2D eigenvalue weighted by molar-refractivity contribution is 1.10. The Hall–Kier alpha value is -0.0600. The summed E-state index contributed by atoms with van der Waals surface area (Å²) in [4.78, 5) is 0. The van der Waals surface area contributed by atoms with Crippen LogP contribution in [-0.4, -0.2) is 17.2 Å². The van der Waals surface area contributed by atoms with Crippen LogP contribution in [0.1, 0.15) is 0 Å². The van der Waals surface area contributed by atoms with E-state index in [2.05, 4.69) is 27.9 Å². The molecule has 0 rings (SSSR count). The van der Waals surface area contributed by atoms with Crippen molar-refractivity contribution in [1.29, 1.82) is 5.41 Å². The van der Waals surface area contributed by atoms with Crippen molar-refractivity contribution in [3.8, 4) is 0 Å². The summed E-state index contributed by atoms with van der Waals surface area (Å²) in [5, 5.41) is 9.91. The lowest BCUT2D eigenvalue weighted by Crippen LogP contribution is -1.96. The number of allylic oxidation sites excluding steroid dienone is 1. The van der Waals surface area contributed by atoms with Crippen LogP contribution in [0.25, 0.3) is 0 Å². The van der Waals surface area contributed by atoms with Gasteiger partial charge in [-0.2, -0.15) is 0 Å². The highest BCUT2D eigenvalue weighted by Gasteiger charge is 1.81. The highest BCUT2D eigenvalue weighted by atomic mass is 127. The molecule has 0 radical (unpaired) electrons. The number of nitrogens with one attached hydrogen (secondary N) is 2. The molecule has 0 aliphatic heterocycles. The van der Waals surface area contributed by atoms with Crippen LogP contribution < -0.4 is 5.32 Å². The van der Waals surface area contributed by atoms with E-state index in [1.807, 2.05) is 7.05 Å². The van der Waals surface area contributed by atoms with Gasteiger partial charge < -0.3 is 10.7 Å². The summed E-state index contributed by atoms with van der Waals surface area (Å²) in [6, 6.07) is 0. The summed E-state index contributed by atoms with van der Waals surface area (Å²) in [6.07, 6.45) is 3.49. The molecule has 0 atom stereocenters. The Labute approximate surface area is 63.0 Å². The van der Waals surface area contributed by atoms with Gasteiger partial charge in [-0.1, -0.05) is 22.6 Å². The molecule has 8 heavy (non-hydrogen) atoms. The number of alkyl halides is 1. The first-order chi connectivity index (χ1) is 3.81. The second kappa shape index (κ2) is 5.08. The van der Waals surface area contributed by atoms with Gasteiger partial charge in [0, 0.05) is 17.2 Å². The molecular formula is C5H9IN2. The van der Waals surface area contributed by atoms with Crippen LogP contribution in [0.4, 0.5) is 0 Å². The molecule has 0 aromatic carbocycles. The molecule has 0 heterocycles. The van der Waals surface area contributed by atoms with Crippen molar-refractivity contribution in [3.05, 3.63) is 12.3 Å². The molecule has 0 aromatic rings. The maximum atomic E-state index is 7.11. The Morgan fingerprint density at radius 1 is 1.88 bits per heavy atom. The van der Waals surface area contributed by atoms with Crippen molar-refractivity contribution in [3.63, 3.8) is 0 Å². The molecular weight excluding hydrogens is 215 g/mol. The van der Waals surface area contributed by atoms with Gasteiger partial charge in [-0.25, -0.2) is 0 Å². The van der Waals surface area contributed by atoms with Crippen molar-refractivity contribution in [2.75, 3.05) is 11.5 Å². The van der Waals surface area contributed by atoms with Crippen molar-refractivity contribution >= 4 is 28.3 Å². The van der Waals surface area contributed by atoms with Crippen LogP contribution in [0.2, 0.25) is 0 Å². The van der Waals surface area contributed by atoms with E-state index >= 15 is 0 Å². The van der Waals surface area contributed by atoms with Gasteiger partial charge in [0.1, 0.15) is 0 Å². The predicted octanol–water partition coefficient (Wildman–Crippen LogP) is 1.17. The number of rotatable bonds is 3. The summed E-state index contributed by atoms with van der Waals surface area (Å²) < 4.78 is 0.774. The first-order valence-electron chi connectivity index (χ1n) is 2.28. The fourth-order valence-electron chi connectivity index (χ4n) is 0.228. The smallest absolute Gasteiger partial charge is 0.0425 e. The molecule has 0 fully saturated rings. The van der Waals surface area contributed by atoms with E-state index in [9.17, 15) is 0 Å². The zero-order chi connectivity index (χ0) is 6.41. The molecule has 0 saturated carbocycles. The summed E-state index contributed by atoms with van der Waals surface area (Å²) in [7, 11) is 1.82. The minimum atomic E-state index is 0.639. The van der Waals surface area contributed by atoms with Gasteiger partial charge in [0.2, 0.25) is 0 Å². The number of hydrogen-bond acceptors (Lipinski definition) is 2. The van der Waals surface area contributed by atoms with Gasteiger partial charge in [-0.3, -0.25) is 0 Å². The van der Waals surface area contributed by atoms with Gasteiger partial charge in [0.15, 0.2) is 0 Å². The molecule has 0 bridgehead atoms. The fraction of sp³-hybridized carbons (Fsp3) is 0.400. The normalized spacial score (nSPS) is 9.75. The van der Waals surface area contributed by atoms with Gasteiger partial charge in [0.05, 0.1) is 0 Å². The first-order valence-corrected chi connectivity index (χ1v) is 3.81. The summed E-state index contributed by atoms with van der Waals surface area (Å²) in [5.41, 5.74) is 0.639. The largest absolute Gasteiger partial charge is 0.394 e. The standard InChI is InChI=1S/C5H9IN2/c1-8-3-2-5(7)4-6/h2-3,7-8H,4H2,1H3/b3-2-,7-5?. The topological polar surface area (TPSA) is 35.9 Å². The fourth-order valence-corrected chi connectivity index (χ4v) is 0.483. The lowest BCUT2D eigenvalue weighted by atomic mass is 10.4. The Kier molecular flexibility index (Phi) is 5.05. The van der Waals surface area contributed by atoms with E-state index in [1.54, 1.807) is 12.3 Å². The minimum Gasteiger partial charge on any atom is -0.394 e. The van der Waals surface area contributed by atoms with Crippen molar-refractivity contribution in [2.24, 2.45) is 0 Å². The van der Waals surface area contributed by atoms with Gasteiger partial charge in [0.25, 0.3) is 0 Å². The molecule has 0 spiro atoms. The maximum absolute atomic E-state index is 7.11. The van der Waals surface area contributed by atoms with E-state index < -0.39 is 0 Å². The van der Waals surface area contributed by atoms with Crippen molar-refractivity contribution in [1.82, 2.24) is 5.32 Å². The Morgan fingerprint density at radius 2 is 2.50 bits per heavy atom. The average Bonchev–Trinajstić information content (AvgIpc) is 1.83. The van der Waals surface area contributed by atoms with Crippen LogP contribution >= 0.6 is 22.6 Å². The summed E-state index contributed by atoms with van der Waals surface area (Å²) in [5.74, 6) is 0. The molecule has 2 nitrogen and oxygen atoms in total. The third kappa shape index (κ3) is 4.11. The SMILES string of the molecule is CN/C=C\C(=N)CI. The van der Waals surface area contributed by atoms with Gasteiger partial charge in [-0.05, 0) is 12.3 Å². The quantitative estimate of drug-likeness (QED) is 0.421. The average molecular weight is 224 g/mol. The van der Waals surface area contributed by atoms with E-state index in [-0.39, 0.29) is 0 Å². The van der Waals surface area contributed by atoms with Crippen molar-refractivity contribution < 1.29 is 0 Å². The highest BCUT2D eigenvalue weighted by Crippen LogP contribution is 1.83. The molecule has 2 N–H and O–H groups in total. The molecule has 46 valence electrons. The van der Waals surface area contributed by atoms with Crippen LogP contribution in [0, 0.1) is 5.41 Å². The zero-order valence-corrected chi connectivity index (χ0v) is 6.90. The zero-order valence-electron chi connectivity index (χ0n) is 4.74. The molecule has 0 saturated heterocycles. The Bertz CT molecular complexity index is 98.6. The molecule has 3 heteroatoms. The molecule has 0 unspecified atom stereocenters. The third-order valence-electron chi connectivity index (χ3n) is 0.595. The monoisotopic (exact) mass is 224 g/mol. The maximum Gasteiger partial charge on any atom is 0.0425 e. The van der Waals surface area contributed by atoms with Crippen LogP contribution in [0.3, 0.4) is 0 Å². The highest BCUT2D eigenvalue weighted by molar-refractivity contribution is 14.1. The number of halogens is 1. The molecule has 0 amide bonds. The number of hydrogen-bond donors (Lipinski definition) is 2. The Balaban J connectivity index is 3.37. The minimum absolute atomic E-state index is 0.639. The van der Waals surface area contributed by atoms with Crippen molar-refractivity contribution in [2.45, 2.75) is 0 Å². The van der Waals surface area contributed by atoms with E-state index in [1.165, 1.54) is 0 Å². The van der Waals surface area contributed by atoms with E-state index in [4.69, 9.17) is 5.41 Å². The molecule has 0 aliphatic rings. The summed E-state index contributed by atoms with van der Waals surface area (Å²) >= 11 is 2.15. The molecule has 0 aliphatic carbocycles. The predicted molar refractivity (Wildman–Crippen MR) is 44.8 cm³/mol. The summed E-state index contributed by atoms with van der Waals surface area (Å²) in [6.45, 7) is 0. The van der Waals surface area contributed by atoms with E-state index in [0.717, 1.165) is 4.43 Å². The van der Waals surface area contributed by atoms with Gasteiger partial charge in [-0.15, -0.1) is 0 Å².